The van der Waals surface area contributed by atoms with Crippen molar-refractivity contribution in [3.63, 3.8) is 0 Å². The molecule has 0 aromatic rings. The van der Waals surface area contributed by atoms with Crippen LogP contribution in [0.5, 0.6) is 0 Å². The van der Waals surface area contributed by atoms with Gasteiger partial charge in [0.05, 0.1) is 39.9 Å². The predicted octanol–water partition coefficient (Wildman–Crippen LogP) is 6.21. The molecule has 0 aliphatic carbocycles. The van der Waals surface area contributed by atoms with Gasteiger partial charge >= 0.3 is 0 Å². The van der Waals surface area contributed by atoms with E-state index in [1.165, 1.54) is 44.9 Å². The fourth-order valence-corrected chi connectivity index (χ4v) is 4.48. The molecule has 234 valence electrons. The smallest absolute Gasteiger partial charge is 0.268 e. The summed E-state index contributed by atoms with van der Waals surface area (Å²) in [6.07, 6.45) is 25.0. The first-order valence-electron chi connectivity index (χ1n) is 15.4. The van der Waals surface area contributed by atoms with Crippen LogP contribution in [0.4, 0.5) is 0 Å². The Hall–Kier alpha value is -1.28. The van der Waals surface area contributed by atoms with Crippen LogP contribution < -0.4 is 10.2 Å². The Bertz CT molecular complexity index is 763. The van der Waals surface area contributed by atoms with E-state index in [4.69, 9.17) is 9.05 Å². The molecule has 0 aliphatic rings. The number of nitrogens with one attached hydrogen (secondary N) is 1. The van der Waals surface area contributed by atoms with Crippen LogP contribution in [-0.4, -0.2) is 68.5 Å². The highest BCUT2D eigenvalue weighted by Crippen LogP contribution is 2.38. The van der Waals surface area contributed by atoms with Gasteiger partial charge in [0.25, 0.3) is 7.82 Å². The zero-order chi connectivity index (χ0) is 30.1. The lowest BCUT2D eigenvalue weighted by Crippen LogP contribution is -2.45. The van der Waals surface area contributed by atoms with Crippen molar-refractivity contribution in [2.24, 2.45) is 0 Å². The number of likely N-dealkylation sites (N-methyl/N-ethyl adjacent to an activating group) is 1. The molecule has 0 rings (SSSR count). The molecule has 0 heterocycles. The number of phosphoric acid groups is 1. The molecule has 3 unspecified atom stereocenters. The van der Waals surface area contributed by atoms with Crippen molar-refractivity contribution in [1.82, 2.24) is 5.32 Å². The van der Waals surface area contributed by atoms with E-state index in [1.807, 2.05) is 27.2 Å². The molecule has 0 radical (unpaired) electrons. The lowest BCUT2D eigenvalue weighted by atomic mass is 10.1. The molecular formula is C31H59N2O6P. The number of quaternary nitrogens is 1. The predicted molar refractivity (Wildman–Crippen MR) is 164 cm³/mol. The molecule has 0 bridgehead atoms. The minimum Gasteiger partial charge on any atom is -0.756 e. The molecule has 40 heavy (non-hydrogen) atoms. The van der Waals surface area contributed by atoms with Gasteiger partial charge in [-0.2, -0.15) is 0 Å². The summed E-state index contributed by atoms with van der Waals surface area (Å²) in [6.45, 7) is 4.45. The second-order valence-corrected chi connectivity index (χ2v) is 12.9. The van der Waals surface area contributed by atoms with Crippen molar-refractivity contribution >= 4 is 13.7 Å². The Morgan fingerprint density at radius 1 is 0.850 bits per heavy atom. The SMILES string of the molecule is CCCCC/C=C/CC/C=C/C(O)C(COP(=O)([O-])OCC[N+](C)(C)C)NC(=O)CCC/C=C\CCCCCC. The maximum absolute atomic E-state index is 12.6. The monoisotopic (exact) mass is 586 g/mol. The fraction of sp³-hybridized carbons (Fsp3) is 0.774. The molecule has 2 N–H and O–H groups in total. The molecule has 0 fully saturated rings. The molecule has 8 nitrogen and oxygen atoms in total. The van der Waals surface area contributed by atoms with Crippen LogP contribution >= 0.6 is 7.82 Å². The number of unbranched alkanes of at least 4 members (excludes halogenated alkanes) is 9. The first kappa shape index (κ1) is 38.7. The van der Waals surface area contributed by atoms with E-state index in [2.05, 4.69) is 43.5 Å². The third kappa shape index (κ3) is 25.7. The second-order valence-electron chi connectivity index (χ2n) is 11.4. The molecule has 0 saturated carbocycles. The van der Waals surface area contributed by atoms with Crippen molar-refractivity contribution in [3.8, 4) is 0 Å². The Labute approximate surface area is 245 Å². The summed E-state index contributed by atoms with van der Waals surface area (Å²) in [5, 5.41) is 13.5. The van der Waals surface area contributed by atoms with Gasteiger partial charge in [-0.25, -0.2) is 0 Å². The van der Waals surface area contributed by atoms with Crippen LogP contribution in [0.3, 0.4) is 0 Å². The third-order valence-electron chi connectivity index (χ3n) is 6.32. The van der Waals surface area contributed by atoms with Gasteiger partial charge in [0, 0.05) is 6.42 Å². The number of aliphatic hydroxyl groups is 1. The van der Waals surface area contributed by atoms with Gasteiger partial charge in [0.2, 0.25) is 5.91 Å². The number of hydrogen-bond donors (Lipinski definition) is 2. The zero-order valence-corrected chi connectivity index (χ0v) is 26.9. The van der Waals surface area contributed by atoms with Crippen molar-refractivity contribution in [3.05, 3.63) is 36.5 Å². The molecular weight excluding hydrogens is 527 g/mol. The highest BCUT2D eigenvalue weighted by atomic mass is 31.2. The van der Waals surface area contributed by atoms with Gasteiger partial charge in [0.1, 0.15) is 13.2 Å². The number of amides is 1. The molecule has 0 aromatic carbocycles. The Balaban J connectivity index is 4.80. The van der Waals surface area contributed by atoms with E-state index in [0.29, 0.717) is 17.4 Å². The van der Waals surface area contributed by atoms with Gasteiger partial charge < -0.3 is 28.8 Å². The van der Waals surface area contributed by atoms with E-state index in [0.717, 1.165) is 32.1 Å². The molecule has 0 aliphatic heterocycles. The minimum atomic E-state index is -4.58. The highest BCUT2D eigenvalue weighted by Gasteiger charge is 2.23. The first-order chi connectivity index (χ1) is 19.0. The first-order valence-corrected chi connectivity index (χ1v) is 16.8. The quantitative estimate of drug-likeness (QED) is 0.0540. The topological polar surface area (TPSA) is 108 Å². The Morgan fingerprint density at radius 2 is 1.40 bits per heavy atom. The van der Waals surface area contributed by atoms with Crippen LogP contribution in [0, 0.1) is 0 Å². The Kier molecular flexibility index (Phi) is 23.6. The van der Waals surface area contributed by atoms with Gasteiger partial charge in [-0.15, -0.1) is 0 Å². The number of carbonyl (C=O) groups is 1. The summed E-state index contributed by atoms with van der Waals surface area (Å²) >= 11 is 0. The fourth-order valence-electron chi connectivity index (χ4n) is 3.76. The highest BCUT2D eigenvalue weighted by molar-refractivity contribution is 7.45. The molecule has 9 heteroatoms. The molecule has 3 atom stereocenters. The molecule has 1 amide bonds. The molecule has 0 spiro atoms. The average Bonchev–Trinajstić information content (AvgIpc) is 2.88. The van der Waals surface area contributed by atoms with Crippen LogP contribution in [0.25, 0.3) is 0 Å². The van der Waals surface area contributed by atoms with Crippen molar-refractivity contribution < 1.29 is 32.9 Å². The summed E-state index contributed by atoms with van der Waals surface area (Å²) in [7, 11) is 1.21. The standard InChI is InChI=1S/C31H59N2O6P/c1-6-8-10-12-14-16-18-20-22-24-30(34)29(28-39-40(36,37)38-27-26-33(3,4)5)32-31(35)25-23-21-19-17-15-13-11-9-7-2/h14,16-17,19,22,24,29-30,34H,6-13,15,18,20-21,23,25-28H2,1-5H3,(H-,32,35,36,37)/b16-14+,19-17-,24-22+. The summed E-state index contributed by atoms with van der Waals surface area (Å²) in [6, 6.07) is -0.910. The summed E-state index contributed by atoms with van der Waals surface area (Å²) in [5.41, 5.74) is 0. The molecule has 0 aromatic heterocycles. The van der Waals surface area contributed by atoms with Crippen LogP contribution in [-0.2, 0) is 18.4 Å². The third-order valence-corrected chi connectivity index (χ3v) is 7.29. The van der Waals surface area contributed by atoms with E-state index < -0.39 is 26.6 Å². The molecule has 0 saturated heterocycles. The number of phosphoric ester groups is 1. The number of rotatable bonds is 26. The minimum absolute atomic E-state index is 0.0121. The summed E-state index contributed by atoms with van der Waals surface area (Å²) in [4.78, 5) is 24.8. The largest absolute Gasteiger partial charge is 0.756 e. The second kappa shape index (κ2) is 24.3. The van der Waals surface area contributed by atoms with E-state index in [9.17, 15) is 19.4 Å². The van der Waals surface area contributed by atoms with Gasteiger partial charge in [-0.05, 0) is 51.4 Å². The van der Waals surface area contributed by atoms with Gasteiger partial charge in [-0.1, -0.05) is 82.4 Å². The van der Waals surface area contributed by atoms with Crippen LogP contribution in [0.1, 0.15) is 104 Å². The normalized spacial score (nSPS) is 15.7. The Morgan fingerprint density at radius 3 is 2.02 bits per heavy atom. The lowest BCUT2D eigenvalue weighted by molar-refractivity contribution is -0.870. The lowest BCUT2D eigenvalue weighted by Gasteiger charge is -2.29. The van der Waals surface area contributed by atoms with Crippen molar-refractivity contribution in [1.29, 1.82) is 0 Å². The summed E-state index contributed by atoms with van der Waals surface area (Å²) < 4.78 is 22.8. The average molecular weight is 587 g/mol. The van der Waals surface area contributed by atoms with E-state index in [1.54, 1.807) is 6.08 Å². The number of carbonyl (C=O) groups excluding carboxylic acids is 1. The van der Waals surface area contributed by atoms with Crippen molar-refractivity contribution in [2.75, 3.05) is 40.9 Å². The van der Waals surface area contributed by atoms with Crippen LogP contribution in [0.2, 0.25) is 0 Å². The maximum Gasteiger partial charge on any atom is 0.268 e. The summed E-state index contributed by atoms with van der Waals surface area (Å²) in [5.74, 6) is -0.251. The number of nitrogens with zero attached hydrogens (tertiary/aromatic N) is 1. The van der Waals surface area contributed by atoms with Crippen LogP contribution in [0.15, 0.2) is 36.5 Å². The maximum atomic E-state index is 12.6. The number of allylic oxidation sites excluding steroid dienone is 5. The number of hydrogen-bond acceptors (Lipinski definition) is 6. The van der Waals surface area contributed by atoms with Gasteiger partial charge in [0.15, 0.2) is 0 Å². The van der Waals surface area contributed by atoms with E-state index in [-0.39, 0.29) is 18.9 Å². The van der Waals surface area contributed by atoms with E-state index >= 15 is 0 Å². The zero-order valence-electron chi connectivity index (χ0n) is 26.0. The van der Waals surface area contributed by atoms with Gasteiger partial charge in [-0.3, -0.25) is 9.36 Å². The number of aliphatic hydroxyl groups excluding tert-OH is 1. The van der Waals surface area contributed by atoms with Crippen molar-refractivity contribution in [2.45, 2.75) is 116 Å².